The van der Waals surface area contributed by atoms with Gasteiger partial charge in [-0.05, 0) is 24.3 Å². The zero-order valence-electron chi connectivity index (χ0n) is 7.52. The maximum absolute atomic E-state index is 10.9. The van der Waals surface area contributed by atoms with Gasteiger partial charge in [-0.25, -0.2) is 0 Å². The number of sulfonamides is 1. The van der Waals surface area contributed by atoms with Crippen LogP contribution < -0.4 is 9.46 Å². The molecule has 5 heteroatoms. The van der Waals surface area contributed by atoms with E-state index < -0.39 is 10.0 Å². The molecular weight excluding hydrogens is 202 g/mol. The molecule has 1 N–H and O–H groups in total. The van der Waals surface area contributed by atoms with E-state index in [1.54, 1.807) is 29.5 Å². The first-order valence-corrected chi connectivity index (χ1v) is 5.20. The highest BCUT2D eigenvalue weighted by Crippen LogP contribution is 2.15. The molecule has 1 rings (SSSR count). The molecule has 0 fully saturated rings. The summed E-state index contributed by atoms with van der Waals surface area (Å²) in [4.78, 5) is 0. The molecule has 14 heavy (non-hydrogen) atoms. The van der Waals surface area contributed by atoms with Crippen LogP contribution in [-0.2, 0) is 10.0 Å². The number of nitrogens with one attached hydrogen (secondary N) is 1. The van der Waals surface area contributed by atoms with Gasteiger partial charge >= 0.3 is 10.0 Å². The minimum absolute atomic E-state index is 0.406. The highest BCUT2D eigenvalue weighted by Gasteiger charge is 2.04. The third-order valence-corrected chi connectivity index (χ3v) is 2.31. The Morgan fingerprint density at radius 3 is 2.36 bits per heavy atom. The molecule has 0 heterocycles. The molecule has 0 aliphatic heterocycles. The third kappa shape index (κ3) is 2.68. The Bertz CT molecular complexity index is 442. The van der Waals surface area contributed by atoms with Gasteiger partial charge in [0, 0.05) is 10.9 Å². The molecule has 0 spiro atoms. The van der Waals surface area contributed by atoms with Crippen LogP contribution in [0.4, 0.5) is 5.69 Å². The molecule has 0 saturated heterocycles. The molecule has 4 nitrogen and oxygen atoms in total. The van der Waals surface area contributed by atoms with E-state index in [-0.39, 0.29) is 0 Å². The summed E-state index contributed by atoms with van der Waals surface area (Å²) in [7, 11) is -2.13. The minimum atomic E-state index is -3.66. The normalized spacial score (nSPS) is 10.3. The van der Waals surface area contributed by atoms with Gasteiger partial charge in [0.1, 0.15) is 5.75 Å². The van der Waals surface area contributed by atoms with Crippen molar-refractivity contribution in [1.82, 2.24) is 0 Å². The van der Waals surface area contributed by atoms with Crippen molar-refractivity contribution in [2.45, 2.75) is 0 Å². The second-order valence-electron chi connectivity index (χ2n) is 2.45. The van der Waals surface area contributed by atoms with Gasteiger partial charge < -0.3 is 4.74 Å². The average molecular weight is 211 g/mol. The second kappa shape index (κ2) is 4.03. The first-order chi connectivity index (χ1) is 6.57. The van der Waals surface area contributed by atoms with Crippen LogP contribution in [0.25, 0.3) is 0 Å². The maximum atomic E-state index is 10.9. The lowest BCUT2D eigenvalue weighted by atomic mass is 10.3. The number of rotatable bonds is 3. The van der Waals surface area contributed by atoms with Gasteiger partial charge in [0.05, 0.1) is 7.11 Å². The minimum Gasteiger partial charge on any atom is -0.497 e. The van der Waals surface area contributed by atoms with E-state index in [4.69, 9.17) is 11.2 Å². The predicted molar refractivity (Wildman–Crippen MR) is 54.4 cm³/mol. The monoisotopic (exact) mass is 211 g/mol. The van der Waals surface area contributed by atoms with E-state index in [2.05, 4.69) is 4.72 Å². The highest BCUT2D eigenvalue weighted by molar-refractivity contribution is 7.97. The van der Waals surface area contributed by atoms with Crippen molar-refractivity contribution in [3.8, 4) is 17.4 Å². The number of hydrogen-bond acceptors (Lipinski definition) is 3. The van der Waals surface area contributed by atoms with Gasteiger partial charge in [0.15, 0.2) is 0 Å². The van der Waals surface area contributed by atoms with Gasteiger partial charge in [-0.15, -0.1) is 6.42 Å². The Labute approximate surface area is 82.9 Å². The van der Waals surface area contributed by atoms with Crippen molar-refractivity contribution in [3.63, 3.8) is 0 Å². The van der Waals surface area contributed by atoms with Crippen molar-refractivity contribution in [2.24, 2.45) is 0 Å². The lowest BCUT2D eigenvalue weighted by molar-refractivity contribution is 0.415. The molecule has 0 atom stereocenters. The molecule has 0 amide bonds. The SMILES string of the molecule is C#CS(=O)(=O)Nc1ccc(OC)cc1. The lowest BCUT2D eigenvalue weighted by Crippen LogP contribution is -2.08. The maximum Gasteiger partial charge on any atom is 0.301 e. The van der Waals surface area contributed by atoms with Gasteiger partial charge in [-0.3, -0.25) is 4.72 Å². The number of methoxy groups -OCH3 is 1. The van der Waals surface area contributed by atoms with Crippen molar-refractivity contribution < 1.29 is 13.2 Å². The zero-order valence-corrected chi connectivity index (χ0v) is 8.34. The quantitative estimate of drug-likeness (QED) is 0.760. The largest absolute Gasteiger partial charge is 0.497 e. The Balaban J connectivity index is 2.86. The van der Waals surface area contributed by atoms with Crippen LogP contribution in [0.15, 0.2) is 24.3 Å². The summed E-state index contributed by atoms with van der Waals surface area (Å²) in [6.45, 7) is 0. The Morgan fingerprint density at radius 1 is 1.36 bits per heavy atom. The molecule has 0 bridgehead atoms. The summed E-state index contributed by atoms with van der Waals surface area (Å²) in [5.41, 5.74) is 0.406. The smallest absolute Gasteiger partial charge is 0.301 e. The van der Waals surface area contributed by atoms with E-state index in [0.717, 1.165) is 0 Å². The standard InChI is InChI=1S/C9H9NO3S/c1-3-14(11,12)10-8-4-6-9(13-2)7-5-8/h1,4-7,10H,2H3. The topological polar surface area (TPSA) is 55.4 Å². The van der Waals surface area contributed by atoms with Crippen molar-refractivity contribution in [2.75, 3.05) is 11.8 Å². The fourth-order valence-corrected chi connectivity index (χ4v) is 1.35. The average Bonchev–Trinajstić information content (AvgIpc) is 2.19. The number of anilines is 1. The van der Waals surface area contributed by atoms with E-state index in [1.165, 1.54) is 7.11 Å². The Morgan fingerprint density at radius 2 is 1.93 bits per heavy atom. The molecule has 0 radical (unpaired) electrons. The van der Waals surface area contributed by atoms with Crippen LogP contribution in [0, 0.1) is 11.7 Å². The van der Waals surface area contributed by atoms with E-state index in [9.17, 15) is 8.42 Å². The molecule has 74 valence electrons. The van der Waals surface area contributed by atoms with Crippen molar-refractivity contribution in [3.05, 3.63) is 24.3 Å². The summed E-state index contributed by atoms with van der Waals surface area (Å²) in [5.74, 6) is 0.647. The van der Waals surface area contributed by atoms with Crippen LogP contribution in [0.2, 0.25) is 0 Å². The molecule has 0 aliphatic rings. The van der Waals surface area contributed by atoms with Crippen LogP contribution >= 0.6 is 0 Å². The van der Waals surface area contributed by atoms with Gasteiger partial charge in [0.25, 0.3) is 0 Å². The van der Waals surface area contributed by atoms with Crippen molar-refractivity contribution in [1.29, 1.82) is 0 Å². The first-order valence-electron chi connectivity index (χ1n) is 3.71. The molecule has 0 saturated carbocycles. The fraction of sp³-hybridized carbons (Fsp3) is 0.111. The lowest BCUT2D eigenvalue weighted by Gasteiger charge is -2.03. The van der Waals surface area contributed by atoms with Crippen LogP contribution in [-0.4, -0.2) is 15.5 Å². The van der Waals surface area contributed by atoms with Gasteiger partial charge in [0.2, 0.25) is 0 Å². The van der Waals surface area contributed by atoms with E-state index in [1.807, 2.05) is 0 Å². The van der Waals surface area contributed by atoms with Gasteiger partial charge in [-0.1, -0.05) is 0 Å². The van der Waals surface area contributed by atoms with Crippen LogP contribution in [0.5, 0.6) is 5.75 Å². The van der Waals surface area contributed by atoms with Crippen LogP contribution in [0.1, 0.15) is 0 Å². The molecule has 0 unspecified atom stereocenters. The molecule has 1 aromatic rings. The molecule has 0 aromatic heterocycles. The highest BCUT2D eigenvalue weighted by atomic mass is 32.2. The zero-order chi connectivity index (χ0) is 10.6. The number of benzene rings is 1. The number of ether oxygens (including phenoxy) is 1. The fourth-order valence-electron chi connectivity index (χ4n) is 0.844. The summed E-state index contributed by atoms with van der Waals surface area (Å²) in [6, 6.07) is 6.39. The van der Waals surface area contributed by atoms with Crippen LogP contribution in [0.3, 0.4) is 0 Å². The second-order valence-corrected chi connectivity index (χ2v) is 3.90. The molecular formula is C9H9NO3S. The summed E-state index contributed by atoms with van der Waals surface area (Å²) >= 11 is 0. The predicted octanol–water partition coefficient (Wildman–Crippen LogP) is 1.03. The number of terminal acetylenes is 1. The van der Waals surface area contributed by atoms with Gasteiger partial charge in [-0.2, -0.15) is 8.42 Å². The Kier molecular flexibility index (Phi) is 2.99. The van der Waals surface area contributed by atoms with E-state index >= 15 is 0 Å². The first kappa shape index (κ1) is 10.4. The third-order valence-electron chi connectivity index (χ3n) is 1.50. The van der Waals surface area contributed by atoms with E-state index in [0.29, 0.717) is 11.4 Å². The Hall–Kier alpha value is -1.67. The summed E-state index contributed by atoms with van der Waals surface area (Å²) in [6.07, 6.45) is 4.79. The summed E-state index contributed by atoms with van der Waals surface area (Å²) < 4.78 is 29.0. The van der Waals surface area contributed by atoms with Crippen molar-refractivity contribution >= 4 is 15.7 Å². The molecule has 1 aromatic carbocycles. The molecule has 0 aliphatic carbocycles. The number of hydrogen-bond donors (Lipinski definition) is 1. The summed E-state index contributed by atoms with van der Waals surface area (Å²) in [5, 5.41) is 1.65.